The van der Waals surface area contributed by atoms with Gasteiger partial charge in [0.2, 0.25) is 0 Å². The summed E-state index contributed by atoms with van der Waals surface area (Å²) < 4.78 is 89.8. The van der Waals surface area contributed by atoms with Gasteiger partial charge in [-0.15, -0.1) is 0 Å². The zero-order chi connectivity index (χ0) is 25.4. The minimum Gasteiger partial charge on any atom is -0.445 e. The van der Waals surface area contributed by atoms with Crippen LogP contribution >= 0.6 is 0 Å². The molecular weight excluding hydrogens is 486 g/mol. The van der Waals surface area contributed by atoms with Gasteiger partial charge in [0.1, 0.15) is 6.61 Å². The number of carbonyl (C=O) groups excluding carboxylic acids is 2. The van der Waals surface area contributed by atoms with E-state index in [0.717, 1.165) is 0 Å². The topological polar surface area (TPSA) is 85.7 Å². The van der Waals surface area contributed by atoms with E-state index in [2.05, 4.69) is 10.4 Å². The van der Waals surface area contributed by atoms with E-state index in [0.29, 0.717) is 44.0 Å². The number of ether oxygens (including phenoxy) is 2. The third kappa shape index (κ3) is 5.86. The summed E-state index contributed by atoms with van der Waals surface area (Å²) in [5, 5.41) is 7.00. The average Bonchev–Trinajstić information content (AvgIpc) is 3.04. The summed E-state index contributed by atoms with van der Waals surface area (Å²) in [6, 6.07) is 2.45. The van der Waals surface area contributed by atoms with Gasteiger partial charge < -0.3 is 19.7 Å². The number of nitrogens with one attached hydrogen (secondary N) is 1. The molecule has 0 atom stereocenters. The lowest BCUT2D eigenvalue weighted by Gasteiger charge is -2.26. The molecule has 2 aliphatic rings. The van der Waals surface area contributed by atoms with Crippen molar-refractivity contribution in [1.82, 2.24) is 20.0 Å². The molecule has 0 unspecified atom stereocenters. The summed E-state index contributed by atoms with van der Waals surface area (Å²) in [6.45, 7) is 0.673. The number of rotatable bonds is 4. The third-order valence-electron chi connectivity index (χ3n) is 5.49. The van der Waals surface area contributed by atoms with Crippen molar-refractivity contribution >= 4 is 12.0 Å². The Kier molecular flexibility index (Phi) is 6.66. The summed E-state index contributed by atoms with van der Waals surface area (Å²) in [6.07, 6.45) is -10.5. The number of fused-ring (bicyclic) bond motifs is 1. The minimum absolute atomic E-state index is 0.00203. The monoisotopic (exact) mass is 506 g/mol. The third-order valence-corrected chi connectivity index (χ3v) is 5.49. The van der Waals surface area contributed by atoms with Gasteiger partial charge in [0.15, 0.2) is 5.69 Å². The molecule has 1 fully saturated rings. The summed E-state index contributed by atoms with van der Waals surface area (Å²) in [5.41, 5.74) is -2.73. The second kappa shape index (κ2) is 9.40. The van der Waals surface area contributed by atoms with Crippen molar-refractivity contribution in [1.29, 1.82) is 0 Å². The van der Waals surface area contributed by atoms with E-state index >= 15 is 0 Å². The highest BCUT2D eigenvalue weighted by molar-refractivity contribution is 5.92. The van der Waals surface area contributed by atoms with Gasteiger partial charge in [-0.3, -0.25) is 9.48 Å². The Morgan fingerprint density at radius 2 is 1.69 bits per heavy atom. The van der Waals surface area contributed by atoms with E-state index < -0.39 is 47.7 Å². The van der Waals surface area contributed by atoms with Crippen LogP contribution < -0.4 is 5.32 Å². The molecule has 14 heteroatoms. The lowest BCUT2D eigenvalue weighted by molar-refractivity contribution is -0.143. The summed E-state index contributed by atoms with van der Waals surface area (Å²) in [5.74, 6) is -0.391. The Bertz CT molecular complexity index is 1080. The van der Waals surface area contributed by atoms with Gasteiger partial charge in [0.25, 0.3) is 5.91 Å². The van der Waals surface area contributed by atoms with E-state index in [-0.39, 0.29) is 30.9 Å². The summed E-state index contributed by atoms with van der Waals surface area (Å²) >= 11 is 0. The van der Waals surface area contributed by atoms with Crippen LogP contribution in [0.3, 0.4) is 0 Å². The van der Waals surface area contributed by atoms with Crippen molar-refractivity contribution in [3.05, 3.63) is 52.3 Å². The lowest BCUT2D eigenvalue weighted by Crippen LogP contribution is -2.48. The molecule has 0 radical (unpaired) electrons. The highest BCUT2D eigenvalue weighted by Crippen LogP contribution is 2.36. The number of amides is 2. The van der Waals surface area contributed by atoms with Crippen LogP contribution in [0.15, 0.2) is 24.3 Å². The maximum absolute atomic E-state index is 13.0. The number of nitrogens with zero attached hydrogens (tertiary/aromatic N) is 3. The predicted octanol–water partition coefficient (Wildman–Crippen LogP) is 3.59. The lowest BCUT2D eigenvalue weighted by atomic mass is 10.1. The van der Waals surface area contributed by atoms with E-state index in [1.807, 2.05) is 0 Å². The number of halogens is 6. The predicted molar refractivity (Wildman–Crippen MR) is 106 cm³/mol. The fourth-order valence-corrected chi connectivity index (χ4v) is 3.65. The smallest absolute Gasteiger partial charge is 0.416 e. The summed E-state index contributed by atoms with van der Waals surface area (Å²) in [4.78, 5) is 26.1. The van der Waals surface area contributed by atoms with Gasteiger partial charge in [-0.05, 0) is 36.2 Å². The Labute approximate surface area is 194 Å². The largest absolute Gasteiger partial charge is 0.445 e. The van der Waals surface area contributed by atoms with E-state index in [9.17, 15) is 35.9 Å². The van der Waals surface area contributed by atoms with E-state index in [1.165, 1.54) is 11.0 Å². The molecule has 3 heterocycles. The van der Waals surface area contributed by atoms with E-state index in [4.69, 9.17) is 9.47 Å². The minimum atomic E-state index is -5.00. The zero-order valence-electron chi connectivity index (χ0n) is 18.1. The van der Waals surface area contributed by atoms with Crippen LogP contribution in [-0.4, -0.2) is 52.5 Å². The molecule has 8 nitrogen and oxygen atoms in total. The number of carbonyl (C=O) groups is 2. The normalized spacial score (nSPS) is 16.8. The molecule has 1 aromatic heterocycles. The first-order valence-electron chi connectivity index (χ1n) is 10.6. The number of aryl methyl sites for hydroxylation is 1. The molecule has 1 N–H and O–H groups in total. The molecule has 0 spiro atoms. The molecule has 1 aromatic carbocycles. The fourth-order valence-electron chi connectivity index (χ4n) is 3.65. The first kappa shape index (κ1) is 24.8. The van der Waals surface area contributed by atoms with Gasteiger partial charge in [-0.1, -0.05) is 0 Å². The van der Waals surface area contributed by atoms with Crippen molar-refractivity contribution in [2.24, 2.45) is 0 Å². The Morgan fingerprint density at radius 3 is 2.26 bits per heavy atom. The number of hydrogen-bond acceptors (Lipinski definition) is 5. The highest BCUT2D eigenvalue weighted by Gasteiger charge is 2.37. The highest BCUT2D eigenvalue weighted by atomic mass is 19.4. The van der Waals surface area contributed by atoms with Gasteiger partial charge in [0.05, 0.1) is 42.6 Å². The van der Waals surface area contributed by atoms with Crippen molar-refractivity contribution in [2.45, 2.75) is 44.5 Å². The summed E-state index contributed by atoms with van der Waals surface area (Å²) in [7, 11) is 0. The maximum atomic E-state index is 13.0. The molecule has 2 aliphatic heterocycles. The maximum Gasteiger partial charge on any atom is 0.416 e. The molecule has 0 saturated carbocycles. The molecule has 0 aliphatic carbocycles. The fraction of sp³-hybridized carbons (Fsp3) is 0.476. The van der Waals surface area contributed by atoms with Gasteiger partial charge in [-0.25, -0.2) is 4.79 Å². The number of benzene rings is 1. The number of alkyl halides is 6. The first-order chi connectivity index (χ1) is 16.4. The number of hydrogen-bond donors (Lipinski definition) is 1. The van der Waals surface area contributed by atoms with E-state index in [1.54, 1.807) is 4.68 Å². The van der Waals surface area contributed by atoms with Gasteiger partial charge in [-0.2, -0.15) is 31.4 Å². The molecule has 2 aromatic rings. The molecule has 2 amide bonds. The zero-order valence-corrected chi connectivity index (χ0v) is 18.1. The van der Waals surface area contributed by atoms with Crippen LogP contribution in [0.2, 0.25) is 0 Å². The van der Waals surface area contributed by atoms with Crippen LogP contribution in [0.5, 0.6) is 0 Å². The molecule has 0 bridgehead atoms. The molecular formula is C21H20F6N4O4. The Balaban J connectivity index is 1.43. The van der Waals surface area contributed by atoms with Crippen LogP contribution in [-0.2, 0) is 41.5 Å². The van der Waals surface area contributed by atoms with Crippen LogP contribution in [0.1, 0.15) is 39.3 Å². The quantitative estimate of drug-likeness (QED) is 0.641. The second-order valence-corrected chi connectivity index (χ2v) is 8.20. The second-order valence-electron chi connectivity index (χ2n) is 8.20. The van der Waals surface area contributed by atoms with Crippen molar-refractivity contribution in [2.75, 3.05) is 19.8 Å². The van der Waals surface area contributed by atoms with Gasteiger partial charge in [0, 0.05) is 13.1 Å². The van der Waals surface area contributed by atoms with Crippen LogP contribution in [0, 0.1) is 0 Å². The molecule has 4 rings (SSSR count). The van der Waals surface area contributed by atoms with Crippen LogP contribution in [0.25, 0.3) is 0 Å². The van der Waals surface area contributed by atoms with Crippen molar-refractivity contribution in [3.63, 3.8) is 0 Å². The number of aromatic nitrogens is 2. The molecule has 190 valence electrons. The molecule has 35 heavy (non-hydrogen) atoms. The van der Waals surface area contributed by atoms with Crippen LogP contribution in [0.4, 0.5) is 31.1 Å². The molecule has 1 saturated heterocycles. The van der Waals surface area contributed by atoms with Crippen molar-refractivity contribution < 1.29 is 45.4 Å². The Morgan fingerprint density at radius 1 is 1.03 bits per heavy atom. The SMILES string of the molecule is O=C(NC1COC1)c1cc2n(n1)CCCN(C(=O)OCc1cc(C(F)(F)F)cc(C(F)(F)F)c1)C2. The Hall–Kier alpha value is -3.29. The first-order valence-corrected chi connectivity index (χ1v) is 10.6. The standard InChI is InChI=1S/C21H20F6N4O4/c22-20(23,24)13-4-12(5-14(6-13)21(25,26)27)9-35-19(33)30-2-1-3-31-16(8-30)7-17(29-31)18(32)28-15-10-34-11-15/h4-7,15H,1-3,8-11H2,(H,28,32). The van der Waals surface area contributed by atoms with Crippen molar-refractivity contribution in [3.8, 4) is 0 Å². The average molecular weight is 506 g/mol. The van der Waals surface area contributed by atoms with Gasteiger partial charge >= 0.3 is 18.4 Å².